The number of fused-ring (bicyclic) bond motifs is 1. The molecule has 5 nitrogen and oxygen atoms in total. The Hall–Kier alpha value is -2.86. The first kappa shape index (κ1) is 17.0. The summed E-state index contributed by atoms with van der Waals surface area (Å²) in [6.07, 6.45) is 0. The van der Waals surface area contributed by atoms with E-state index in [1.165, 1.54) is 19.1 Å². The minimum absolute atomic E-state index is 0.0610. The van der Waals surface area contributed by atoms with E-state index in [0.717, 1.165) is 6.07 Å². The molecule has 3 rings (SSSR count). The van der Waals surface area contributed by atoms with Crippen molar-refractivity contribution in [3.05, 3.63) is 58.6 Å². The molecule has 0 bridgehead atoms. The van der Waals surface area contributed by atoms with Crippen LogP contribution in [0.15, 0.2) is 40.8 Å². The van der Waals surface area contributed by atoms with Crippen molar-refractivity contribution in [1.82, 2.24) is 0 Å². The smallest absolute Gasteiger partial charge is 0.291 e. The molecule has 0 aliphatic carbocycles. The van der Waals surface area contributed by atoms with Crippen LogP contribution >= 0.6 is 11.6 Å². The van der Waals surface area contributed by atoms with Gasteiger partial charge in [0, 0.05) is 28.6 Å². The van der Waals surface area contributed by atoms with Crippen LogP contribution in [-0.4, -0.2) is 11.8 Å². The largest absolute Gasteiger partial charge is 0.451 e. The van der Waals surface area contributed by atoms with Gasteiger partial charge in [-0.1, -0.05) is 11.6 Å². The van der Waals surface area contributed by atoms with E-state index in [4.69, 9.17) is 16.0 Å². The first-order valence-corrected chi connectivity index (χ1v) is 7.80. The number of anilines is 2. The van der Waals surface area contributed by atoms with Gasteiger partial charge < -0.3 is 15.1 Å². The summed E-state index contributed by atoms with van der Waals surface area (Å²) < 4.78 is 19.5. The van der Waals surface area contributed by atoms with Gasteiger partial charge in [-0.2, -0.15) is 0 Å². The maximum Gasteiger partial charge on any atom is 0.291 e. The molecule has 128 valence electrons. The molecule has 0 saturated carbocycles. The minimum atomic E-state index is -0.626. The number of carbonyl (C=O) groups excluding carboxylic acids is 2. The van der Waals surface area contributed by atoms with E-state index in [9.17, 15) is 14.0 Å². The highest BCUT2D eigenvalue weighted by Gasteiger charge is 2.19. The number of furan rings is 1. The van der Waals surface area contributed by atoms with Crippen molar-refractivity contribution in [3.63, 3.8) is 0 Å². The molecule has 7 heteroatoms. The van der Waals surface area contributed by atoms with Gasteiger partial charge in [0.25, 0.3) is 5.91 Å². The second-order valence-corrected chi connectivity index (χ2v) is 5.96. The molecule has 3 aromatic rings. The number of amides is 2. The molecule has 0 radical (unpaired) electrons. The Labute approximate surface area is 147 Å². The molecule has 2 amide bonds. The lowest BCUT2D eigenvalue weighted by atomic mass is 10.1. The quantitative estimate of drug-likeness (QED) is 0.708. The number of carbonyl (C=O) groups is 2. The maximum atomic E-state index is 14.0. The molecule has 2 aromatic carbocycles. The molecular weight excluding hydrogens is 347 g/mol. The van der Waals surface area contributed by atoms with Crippen molar-refractivity contribution in [2.75, 3.05) is 10.6 Å². The zero-order chi connectivity index (χ0) is 18.1. The van der Waals surface area contributed by atoms with Crippen LogP contribution in [0.4, 0.5) is 15.8 Å². The topological polar surface area (TPSA) is 71.3 Å². The normalized spacial score (nSPS) is 10.7. The van der Waals surface area contributed by atoms with E-state index in [1.807, 2.05) is 0 Å². The summed E-state index contributed by atoms with van der Waals surface area (Å²) in [6.45, 7) is 3.06. The molecule has 25 heavy (non-hydrogen) atoms. The third-order valence-electron chi connectivity index (χ3n) is 3.64. The third-order valence-corrected chi connectivity index (χ3v) is 3.87. The van der Waals surface area contributed by atoms with Crippen molar-refractivity contribution in [2.45, 2.75) is 13.8 Å². The van der Waals surface area contributed by atoms with Gasteiger partial charge in [0.1, 0.15) is 11.4 Å². The zero-order valence-corrected chi connectivity index (χ0v) is 14.2. The highest BCUT2D eigenvalue weighted by molar-refractivity contribution is 6.31. The van der Waals surface area contributed by atoms with E-state index < -0.39 is 11.7 Å². The van der Waals surface area contributed by atoms with E-state index in [-0.39, 0.29) is 17.4 Å². The van der Waals surface area contributed by atoms with Crippen LogP contribution in [0, 0.1) is 12.7 Å². The summed E-state index contributed by atoms with van der Waals surface area (Å²) in [6, 6.07) is 8.92. The van der Waals surface area contributed by atoms with Gasteiger partial charge in [-0.3, -0.25) is 9.59 Å². The lowest BCUT2D eigenvalue weighted by molar-refractivity contribution is -0.114. The van der Waals surface area contributed by atoms with Gasteiger partial charge in [0.05, 0.1) is 5.69 Å². The lowest BCUT2D eigenvalue weighted by Crippen LogP contribution is -2.14. The van der Waals surface area contributed by atoms with Crippen LogP contribution in [0.5, 0.6) is 0 Å². The Bertz CT molecular complexity index is 997. The van der Waals surface area contributed by atoms with E-state index in [1.54, 1.807) is 25.1 Å². The van der Waals surface area contributed by atoms with Gasteiger partial charge >= 0.3 is 0 Å². The van der Waals surface area contributed by atoms with E-state index in [2.05, 4.69) is 10.6 Å². The van der Waals surface area contributed by atoms with Crippen LogP contribution in [0.3, 0.4) is 0 Å². The molecule has 0 fully saturated rings. The third kappa shape index (κ3) is 3.49. The first-order chi connectivity index (χ1) is 11.8. The predicted molar refractivity (Wildman–Crippen MR) is 94.6 cm³/mol. The Kier molecular flexibility index (Phi) is 4.46. The number of aryl methyl sites for hydroxylation is 1. The summed E-state index contributed by atoms with van der Waals surface area (Å²) in [5.74, 6) is -1.45. The Morgan fingerprint density at radius 2 is 1.88 bits per heavy atom. The molecule has 0 aliphatic heterocycles. The van der Waals surface area contributed by atoms with Crippen molar-refractivity contribution in [2.24, 2.45) is 0 Å². The Balaban J connectivity index is 1.92. The second-order valence-electron chi connectivity index (χ2n) is 5.53. The van der Waals surface area contributed by atoms with Crippen molar-refractivity contribution >= 4 is 45.8 Å². The maximum absolute atomic E-state index is 14.0. The minimum Gasteiger partial charge on any atom is -0.451 e. The second kappa shape index (κ2) is 6.57. The van der Waals surface area contributed by atoms with Gasteiger partial charge in [0.15, 0.2) is 5.76 Å². The van der Waals surface area contributed by atoms with Crippen LogP contribution in [-0.2, 0) is 4.79 Å². The van der Waals surface area contributed by atoms with Crippen LogP contribution in [0.25, 0.3) is 11.0 Å². The fourth-order valence-corrected chi connectivity index (χ4v) is 2.66. The van der Waals surface area contributed by atoms with Gasteiger partial charge in [-0.15, -0.1) is 0 Å². The molecule has 1 heterocycles. The molecule has 0 atom stereocenters. The summed E-state index contributed by atoms with van der Waals surface area (Å²) in [5.41, 5.74) is 1.43. The monoisotopic (exact) mass is 360 g/mol. The molecule has 0 saturated heterocycles. The van der Waals surface area contributed by atoms with Crippen LogP contribution in [0.1, 0.15) is 23.0 Å². The van der Waals surface area contributed by atoms with Crippen molar-refractivity contribution in [3.8, 4) is 0 Å². The average Bonchev–Trinajstić information content (AvgIpc) is 2.87. The van der Waals surface area contributed by atoms with Crippen LogP contribution < -0.4 is 10.6 Å². The van der Waals surface area contributed by atoms with Crippen molar-refractivity contribution in [1.29, 1.82) is 0 Å². The fourth-order valence-electron chi connectivity index (χ4n) is 2.49. The van der Waals surface area contributed by atoms with E-state index in [0.29, 0.717) is 27.2 Å². The summed E-state index contributed by atoms with van der Waals surface area (Å²) in [4.78, 5) is 23.6. The molecule has 1 aromatic heterocycles. The number of hydrogen-bond acceptors (Lipinski definition) is 3. The fraction of sp³-hybridized carbons (Fsp3) is 0.111. The number of nitrogens with one attached hydrogen (secondary N) is 2. The predicted octanol–water partition coefficient (Wildman–Crippen LogP) is 4.74. The summed E-state index contributed by atoms with van der Waals surface area (Å²) >= 11 is 5.96. The highest BCUT2D eigenvalue weighted by atomic mass is 35.5. The van der Waals surface area contributed by atoms with Crippen LogP contribution in [0.2, 0.25) is 5.02 Å². The summed E-state index contributed by atoms with van der Waals surface area (Å²) in [5, 5.41) is 6.23. The standard InChI is InChI=1S/C18H14ClFN2O3/c1-9-13-7-11(19)3-6-16(13)25-17(9)18(24)22-15-8-12(21-10(2)23)4-5-14(15)20/h3-8H,1-2H3,(H,21,23)(H,22,24). The molecule has 0 spiro atoms. The average molecular weight is 361 g/mol. The van der Waals surface area contributed by atoms with E-state index >= 15 is 0 Å². The molecular formula is C18H14ClFN2O3. The molecule has 0 aliphatic rings. The first-order valence-electron chi connectivity index (χ1n) is 7.42. The zero-order valence-electron chi connectivity index (χ0n) is 13.4. The van der Waals surface area contributed by atoms with Crippen molar-refractivity contribution < 1.29 is 18.4 Å². The molecule has 2 N–H and O–H groups in total. The summed E-state index contributed by atoms with van der Waals surface area (Å²) in [7, 11) is 0. The number of rotatable bonds is 3. The van der Waals surface area contributed by atoms with Gasteiger partial charge in [0.2, 0.25) is 5.91 Å². The Morgan fingerprint density at radius 1 is 1.12 bits per heavy atom. The lowest BCUT2D eigenvalue weighted by Gasteiger charge is -2.08. The van der Waals surface area contributed by atoms with Gasteiger partial charge in [-0.05, 0) is 43.3 Å². The number of hydrogen-bond donors (Lipinski definition) is 2. The molecule has 0 unspecified atom stereocenters. The highest BCUT2D eigenvalue weighted by Crippen LogP contribution is 2.29. The Morgan fingerprint density at radius 3 is 2.60 bits per heavy atom. The number of halogens is 2. The SMILES string of the molecule is CC(=O)Nc1ccc(F)c(NC(=O)c2oc3ccc(Cl)cc3c2C)c1. The number of benzene rings is 2. The van der Waals surface area contributed by atoms with Gasteiger partial charge in [-0.25, -0.2) is 4.39 Å².